The van der Waals surface area contributed by atoms with E-state index in [-0.39, 0.29) is 39.4 Å². The van der Waals surface area contributed by atoms with Crippen LogP contribution in [0.1, 0.15) is 19.5 Å². The summed E-state index contributed by atoms with van der Waals surface area (Å²) in [4.78, 5) is 10.2. The van der Waals surface area contributed by atoms with Crippen LogP contribution in [0.25, 0.3) is 11.4 Å². The smallest absolute Gasteiger partial charge is 0.372 e. The van der Waals surface area contributed by atoms with E-state index >= 15 is 0 Å². The van der Waals surface area contributed by atoms with Crippen molar-refractivity contribution >= 4 is 32.9 Å². The summed E-state index contributed by atoms with van der Waals surface area (Å²) in [5, 5.41) is 7.86. The molecule has 1 aromatic heterocycles. The molecule has 0 amide bonds. The van der Waals surface area contributed by atoms with Gasteiger partial charge in [-0.05, 0) is 51.1 Å². The molecular formula is C22H22F4N6NiO2S+2. The topological polar surface area (TPSA) is 99.9 Å². The minimum atomic E-state index is -5.70. The summed E-state index contributed by atoms with van der Waals surface area (Å²) in [5.74, 6) is -0.489. The summed E-state index contributed by atoms with van der Waals surface area (Å²) in [6.07, 6.45) is 0. The predicted molar refractivity (Wildman–Crippen MR) is 125 cm³/mol. The molecule has 0 aliphatic heterocycles. The van der Waals surface area contributed by atoms with Gasteiger partial charge in [-0.2, -0.15) is 21.6 Å². The van der Waals surface area contributed by atoms with Gasteiger partial charge in [-0.15, -0.1) is 10.2 Å². The van der Waals surface area contributed by atoms with E-state index in [0.717, 1.165) is 0 Å². The summed E-state index contributed by atoms with van der Waals surface area (Å²) >= 11 is 0. The van der Waals surface area contributed by atoms with Crippen LogP contribution < -0.4 is 9.62 Å². The second kappa shape index (κ2) is 11.7. The fourth-order valence-electron chi connectivity index (χ4n) is 3.15. The zero-order valence-corrected chi connectivity index (χ0v) is 21.1. The standard InChI is InChI=1S/C22H22F4N6O2S.Ni/c1-4-32(5-2)15-10-11-18(19(13-15)31-35(33,34)22(24,25)26)29-30-20-12-14(3)27-21(28-20)16-8-6-7-9-17(16)23;/h6-13,31H,4-5H2,1-3H3;/q;+2. The summed E-state index contributed by atoms with van der Waals surface area (Å²) in [5.41, 5.74) is -5.02. The molecular weight excluding hydrogens is 547 g/mol. The number of benzene rings is 2. The van der Waals surface area contributed by atoms with Gasteiger partial charge in [-0.1, -0.05) is 12.1 Å². The molecule has 36 heavy (non-hydrogen) atoms. The Bertz CT molecular complexity index is 1350. The van der Waals surface area contributed by atoms with Crippen molar-refractivity contribution in [3.05, 3.63) is 60.0 Å². The molecule has 3 aromatic rings. The van der Waals surface area contributed by atoms with Crippen LogP contribution in [0.3, 0.4) is 0 Å². The maximum absolute atomic E-state index is 14.2. The molecule has 8 nitrogen and oxygen atoms in total. The molecule has 0 radical (unpaired) electrons. The van der Waals surface area contributed by atoms with Gasteiger partial charge in [0.05, 0.1) is 11.3 Å². The van der Waals surface area contributed by atoms with E-state index in [0.29, 0.717) is 24.5 Å². The SMILES string of the molecule is CCN(CC)c1ccc(N=Nc2cc(C)nc(-c3ccccc3F)n2)c(NS(=O)(=O)C(F)(F)F)c1.[Ni+2]. The van der Waals surface area contributed by atoms with Crippen LogP contribution in [-0.2, 0) is 26.5 Å². The van der Waals surface area contributed by atoms with Crippen molar-refractivity contribution in [1.82, 2.24) is 9.97 Å². The van der Waals surface area contributed by atoms with Gasteiger partial charge in [0.15, 0.2) is 11.6 Å². The van der Waals surface area contributed by atoms with E-state index in [1.54, 1.807) is 23.8 Å². The van der Waals surface area contributed by atoms with Crippen LogP contribution in [0, 0.1) is 12.7 Å². The van der Waals surface area contributed by atoms with E-state index in [1.165, 1.54) is 36.4 Å². The molecule has 3 rings (SSSR count). The number of azo groups is 1. The van der Waals surface area contributed by atoms with Gasteiger partial charge in [0.1, 0.15) is 11.5 Å². The molecule has 0 saturated carbocycles. The van der Waals surface area contributed by atoms with Crippen molar-refractivity contribution in [2.24, 2.45) is 10.2 Å². The minimum Gasteiger partial charge on any atom is -0.372 e. The summed E-state index contributed by atoms with van der Waals surface area (Å²) < 4.78 is 78.3. The third-order valence-corrected chi connectivity index (χ3v) is 5.97. The molecule has 0 aliphatic rings. The maximum atomic E-state index is 14.2. The molecule has 0 fully saturated rings. The second-order valence-electron chi connectivity index (χ2n) is 7.30. The number of rotatable bonds is 8. The van der Waals surface area contributed by atoms with E-state index in [2.05, 4.69) is 20.2 Å². The van der Waals surface area contributed by atoms with Crippen LogP contribution >= 0.6 is 0 Å². The van der Waals surface area contributed by atoms with E-state index in [9.17, 15) is 26.0 Å². The van der Waals surface area contributed by atoms with Gasteiger partial charge in [-0.25, -0.2) is 14.4 Å². The Morgan fingerprint density at radius 2 is 1.67 bits per heavy atom. The first-order valence-electron chi connectivity index (χ1n) is 10.5. The molecule has 0 aliphatic carbocycles. The first-order valence-corrected chi connectivity index (χ1v) is 11.9. The van der Waals surface area contributed by atoms with Gasteiger partial charge in [0.2, 0.25) is 0 Å². The van der Waals surface area contributed by atoms with Crippen LogP contribution in [0.15, 0.2) is 58.8 Å². The number of alkyl halides is 3. The normalized spacial score (nSPS) is 11.9. The number of anilines is 2. The third-order valence-electron chi connectivity index (χ3n) is 4.87. The average molecular weight is 569 g/mol. The van der Waals surface area contributed by atoms with Gasteiger partial charge < -0.3 is 4.90 Å². The van der Waals surface area contributed by atoms with Crippen molar-refractivity contribution in [3.8, 4) is 11.4 Å². The number of hydrogen-bond acceptors (Lipinski definition) is 7. The number of halogens is 4. The summed E-state index contributed by atoms with van der Waals surface area (Å²) in [7, 11) is -5.70. The summed E-state index contributed by atoms with van der Waals surface area (Å²) in [6.45, 7) is 6.42. The van der Waals surface area contributed by atoms with Crippen LogP contribution in [0.4, 0.5) is 40.4 Å². The molecule has 0 saturated heterocycles. The van der Waals surface area contributed by atoms with Crippen LogP contribution in [-0.4, -0.2) is 37.0 Å². The van der Waals surface area contributed by atoms with Crippen molar-refractivity contribution < 1.29 is 42.5 Å². The molecule has 0 unspecified atom stereocenters. The Morgan fingerprint density at radius 3 is 2.28 bits per heavy atom. The number of sulfonamides is 1. The average Bonchev–Trinajstić information content (AvgIpc) is 2.78. The first-order chi connectivity index (χ1) is 16.4. The van der Waals surface area contributed by atoms with Crippen molar-refractivity contribution in [3.63, 3.8) is 0 Å². The monoisotopic (exact) mass is 568 g/mol. The van der Waals surface area contributed by atoms with Crippen molar-refractivity contribution in [2.75, 3.05) is 22.7 Å². The Kier molecular flexibility index (Phi) is 9.50. The van der Waals surface area contributed by atoms with Crippen LogP contribution in [0.5, 0.6) is 0 Å². The van der Waals surface area contributed by atoms with Crippen molar-refractivity contribution in [1.29, 1.82) is 0 Å². The fraction of sp³-hybridized carbons (Fsp3) is 0.273. The zero-order chi connectivity index (χ0) is 25.8. The number of aromatic nitrogens is 2. The van der Waals surface area contributed by atoms with E-state index in [4.69, 9.17) is 0 Å². The number of aryl methyl sites for hydroxylation is 1. The largest absolute Gasteiger partial charge is 2.00 e. The number of hydrogen-bond donors (Lipinski definition) is 1. The second-order valence-corrected chi connectivity index (χ2v) is 8.97. The molecule has 1 heterocycles. The molecule has 14 heteroatoms. The van der Waals surface area contributed by atoms with Gasteiger partial charge in [-0.3, -0.25) is 4.72 Å². The molecule has 0 atom stereocenters. The van der Waals surface area contributed by atoms with E-state index in [1.807, 2.05) is 18.7 Å². The quantitative estimate of drug-likeness (QED) is 0.201. The van der Waals surface area contributed by atoms with Gasteiger partial charge >= 0.3 is 32.0 Å². The maximum Gasteiger partial charge on any atom is 2.00 e. The van der Waals surface area contributed by atoms with Gasteiger partial charge in [0, 0.05) is 30.5 Å². The molecule has 0 bridgehead atoms. The minimum absolute atomic E-state index is 0. The Morgan fingerprint density at radius 1 is 1.00 bits per heavy atom. The predicted octanol–water partition coefficient (Wildman–Crippen LogP) is 6.11. The first kappa shape index (κ1) is 29.1. The van der Waals surface area contributed by atoms with Crippen molar-refractivity contribution in [2.45, 2.75) is 26.3 Å². The van der Waals surface area contributed by atoms with E-state index < -0.39 is 27.0 Å². The Labute approximate surface area is 215 Å². The van der Waals surface area contributed by atoms with Gasteiger partial charge in [0.25, 0.3) is 0 Å². The molecule has 194 valence electrons. The fourth-order valence-corrected chi connectivity index (χ4v) is 3.72. The Hall–Kier alpha value is -3.12. The third kappa shape index (κ3) is 6.76. The summed E-state index contributed by atoms with van der Waals surface area (Å²) in [6, 6.07) is 11.5. The number of nitrogens with zero attached hydrogens (tertiary/aromatic N) is 5. The molecule has 0 spiro atoms. The number of nitrogens with one attached hydrogen (secondary N) is 1. The zero-order valence-electron chi connectivity index (χ0n) is 19.3. The molecule has 2 aromatic carbocycles. The van der Waals surface area contributed by atoms with Crippen LogP contribution in [0.2, 0.25) is 0 Å². The Balaban J connectivity index is 0.00000456. The molecule has 1 N–H and O–H groups in total.